The van der Waals surface area contributed by atoms with Crippen LogP contribution >= 0.6 is 0 Å². The summed E-state index contributed by atoms with van der Waals surface area (Å²) in [6.45, 7) is 2.80. The van der Waals surface area contributed by atoms with E-state index >= 15 is 0 Å². The van der Waals surface area contributed by atoms with Crippen LogP contribution in [0.3, 0.4) is 0 Å². The minimum absolute atomic E-state index is 0.610. The summed E-state index contributed by atoms with van der Waals surface area (Å²) in [6.07, 6.45) is 2.98. The van der Waals surface area contributed by atoms with Crippen LogP contribution in [0.25, 0.3) is 22.3 Å². The summed E-state index contributed by atoms with van der Waals surface area (Å²) in [5.74, 6) is 1.48. The van der Waals surface area contributed by atoms with Crippen LogP contribution in [0.1, 0.15) is 24.0 Å². The highest BCUT2D eigenvalue weighted by molar-refractivity contribution is 5.93. The molecule has 5 heteroatoms. The number of fused-ring (bicyclic) bond motifs is 1. The topological polar surface area (TPSA) is 73.2 Å². The maximum atomic E-state index is 5.68. The second kappa shape index (κ2) is 7.57. The van der Waals surface area contributed by atoms with Crippen LogP contribution in [0.5, 0.6) is 11.6 Å². The molecule has 0 saturated heterocycles. The zero-order valence-corrected chi connectivity index (χ0v) is 15.1. The first-order valence-electron chi connectivity index (χ1n) is 8.58. The van der Waals surface area contributed by atoms with Crippen LogP contribution in [0.4, 0.5) is 0 Å². The molecule has 1 aromatic carbocycles. The predicted molar refractivity (Wildman–Crippen MR) is 101 cm³/mol. The molecule has 0 spiro atoms. The molecule has 3 aromatic rings. The monoisotopic (exact) mass is 339 g/mol. The lowest BCUT2D eigenvalue weighted by Crippen LogP contribution is -1.99. The van der Waals surface area contributed by atoms with Crippen LogP contribution in [0, 0.1) is 6.92 Å². The van der Waals surface area contributed by atoms with E-state index in [0.29, 0.717) is 12.4 Å². The van der Waals surface area contributed by atoms with Crippen molar-refractivity contribution in [3.63, 3.8) is 0 Å². The number of benzene rings is 1. The summed E-state index contributed by atoms with van der Waals surface area (Å²) >= 11 is 0. The Morgan fingerprint density at radius 1 is 1.12 bits per heavy atom. The predicted octanol–water partition coefficient (Wildman–Crippen LogP) is 3.84. The van der Waals surface area contributed by atoms with Crippen molar-refractivity contribution >= 4 is 10.9 Å². The molecule has 0 aliphatic rings. The van der Waals surface area contributed by atoms with Crippen molar-refractivity contribution in [3.05, 3.63) is 41.5 Å². The summed E-state index contributed by atoms with van der Waals surface area (Å²) in [7, 11) is 3.33. The van der Waals surface area contributed by atoms with Crippen LogP contribution in [0.15, 0.2) is 30.3 Å². The van der Waals surface area contributed by atoms with Gasteiger partial charge in [-0.15, -0.1) is 0 Å². The molecule has 25 heavy (non-hydrogen) atoms. The van der Waals surface area contributed by atoms with Gasteiger partial charge in [0.15, 0.2) is 0 Å². The first-order valence-corrected chi connectivity index (χ1v) is 8.58. The molecule has 0 aliphatic carbocycles. The molecule has 0 bridgehead atoms. The molecule has 132 valence electrons. The van der Waals surface area contributed by atoms with E-state index in [4.69, 9.17) is 15.2 Å². The van der Waals surface area contributed by atoms with Gasteiger partial charge in [-0.3, -0.25) is 0 Å². The zero-order chi connectivity index (χ0) is 17.8. The number of hydrogen-bond donors (Lipinski definition) is 2. The molecule has 0 atom stereocenters. The van der Waals surface area contributed by atoms with Gasteiger partial charge in [0.25, 0.3) is 0 Å². The van der Waals surface area contributed by atoms with E-state index in [1.54, 1.807) is 14.2 Å². The van der Waals surface area contributed by atoms with Gasteiger partial charge in [0.05, 0.1) is 25.6 Å². The van der Waals surface area contributed by atoms with Gasteiger partial charge in [0.1, 0.15) is 5.75 Å². The molecule has 0 radical (unpaired) electrons. The van der Waals surface area contributed by atoms with Crippen molar-refractivity contribution in [3.8, 4) is 23.0 Å². The second-order valence-corrected chi connectivity index (χ2v) is 6.16. The Kier molecular flexibility index (Phi) is 5.24. The molecule has 0 amide bonds. The minimum Gasteiger partial charge on any atom is -0.497 e. The first kappa shape index (κ1) is 17.3. The molecule has 5 nitrogen and oxygen atoms in total. The minimum atomic E-state index is 0.610. The Morgan fingerprint density at radius 2 is 1.96 bits per heavy atom. The van der Waals surface area contributed by atoms with Gasteiger partial charge in [-0.2, -0.15) is 0 Å². The number of nitrogens with one attached hydrogen (secondary N) is 1. The highest BCUT2D eigenvalue weighted by Crippen LogP contribution is 2.35. The number of nitrogens with two attached hydrogens (primary N) is 1. The van der Waals surface area contributed by atoms with E-state index < -0.39 is 0 Å². The van der Waals surface area contributed by atoms with Gasteiger partial charge in [0, 0.05) is 17.0 Å². The van der Waals surface area contributed by atoms with E-state index in [9.17, 15) is 0 Å². The second-order valence-electron chi connectivity index (χ2n) is 6.16. The molecule has 3 N–H and O–H groups in total. The quantitative estimate of drug-likeness (QED) is 0.642. The fraction of sp³-hybridized carbons (Fsp3) is 0.350. The number of methoxy groups -OCH3 is 2. The molecule has 0 unspecified atom stereocenters. The van der Waals surface area contributed by atoms with Crippen LogP contribution in [0.2, 0.25) is 0 Å². The first-order chi connectivity index (χ1) is 12.2. The number of aromatic nitrogens is 2. The molecular formula is C20H25N3O2. The Balaban J connectivity index is 2.18. The van der Waals surface area contributed by atoms with E-state index in [2.05, 4.69) is 23.0 Å². The van der Waals surface area contributed by atoms with Crippen molar-refractivity contribution in [2.24, 2.45) is 5.73 Å². The third-order valence-electron chi connectivity index (χ3n) is 4.49. The van der Waals surface area contributed by atoms with Crippen molar-refractivity contribution in [2.75, 3.05) is 20.8 Å². The maximum Gasteiger partial charge on any atom is 0.213 e. The van der Waals surface area contributed by atoms with Gasteiger partial charge in [-0.1, -0.05) is 6.07 Å². The molecule has 2 heterocycles. The van der Waals surface area contributed by atoms with Crippen molar-refractivity contribution in [1.29, 1.82) is 0 Å². The fourth-order valence-corrected chi connectivity index (χ4v) is 3.20. The van der Waals surface area contributed by atoms with Crippen LogP contribution < -0.4 is 15.2 Å². The Morgan fingerprint density at radius 3 is 2.68 bits per heavy atom. The average molecular weight is 339 g/mol. The van der Waals surface area contributed by atoms with Crippen LogP contribution in [-0.2, 0) is 6.42 Å². The number of pyridine rings is 1. The highest BCUT2D eigenvalue weighted by Gasteiger charge is 2.17. The summed E-state index contributed by atoms with van der Waals surface area (Å²) in [6, 6.07) is 9.97. The average Bonchev–Trinajstić information content (AvgIpc) is 3.01. The molecular weight excluding hydrogens is 314 g/mol. The van der Waals surface area contributed by atoms with Crippen molar-refractivity contribution in [2.45, 2.75) is 26.2 Å². The number of rotatable bonds is 7. The Labute approximate surface area is 148 Å². The molecule has 0 fully saturated rings. The number of H-pyrrole nitrogens is 1. The fourth-order valence-electron chi connectivity index (χ4n) is 3.20. The Bertz CT molecular complexity index is 871. The van der Waals surface area contributed by atoms with Gasteiger partial charge in [-0.25, -0.2) is 4.98 Å². The van der Waals surface area contributed by atoms with Gasteiger partial charge in [0.2, 0.25) is 5.88 Å². The standard InChI is InChI=1S/C20H25N3O2/c1-13-11-14(24-2)12-16-15(7-4-5-10-21)20(23-19(13)16)17-8-6-9-18(22-17)25-3/h6,8-9,11-12,23H,4-5,7,10,21H2,1-3H3. The van der Waals surface area contributed by atoms with E-state index in [1.165, 1.54) is 10.9 Å². The number of nitrogens with zero attached hydrogens (tertiary/aromatic N) is 1. The van der Waals surface area contributed by atoms with Crippen molar-refractivity contribution in [1.82, 2.24) is 9.97 Å². The van der Waals surface area contributed by atoms with E-state index in [1.807, 2.05) is 24.3 Å². The molecule has 2 aromatic heterocycles. The third-order valence-corrected chi connectivity index (χ3v) is 4.49. The maximum absolute atomic E-state index is 5.68. The normalized spacial score (nSPS) is 11.0. The SMILES string of the molecule is COc1cc(C)c2[nH]c(-c3cccc(OC)n3)c(CCCCN)c2c1. The number of unbranched alkanes of at least 4 members (excludes halogenated alkanes) is 1. The van der Waals surface area contributed by atoms with E-state index in [0.717, 1.165) is 47.5 Å². The van der Waals surface area contributed by atoms with Gasteiger partial charge >= 0.3 is 0 Å². The van der Waals surface area contributed by atoms with Gasteiger partial charge in [-0.05, 0) is 62.1 Å². The van der Waals surface area contributed by atoms with Gasteiger partial charge < -0.3 is 20.2 Å². The summed E-state index contributed by atoms with van der Waals surface area (Å²) in [4.78, 5) is 8.18. The molecule has 0 aliphatic heterocycles. The molecule has 0 saturated carbocycles. The number of aryl methyl sites for hydroxylation is 2. The highest BCUT2D eigenvalue weighted by atomic mass is 16.5. The summed E-state index contributed by atoms with van der Waals surface area (Å²) in [5.41, 5.74) is 11.2. The number of ether oxygens (including phenoxy) is 2. The third kappa shape index (κ3) is 3.46. The number of hydrogen-bond acceptors (Lipinski definition) is 4. The van der Waals surface area contributed by atoms with Crippen LogP contribution in [-0.4, -0.2) is 30.7 Å². The zero-order valence-electron chi connectivity index (χ0n) is 15.1. The Hall–Kier alpha value is -2.53. The lowest BCUT2D eigenvalue weighted by molar-refractivity contribution is 0.398. The molecule has 3 rings (SSSR count). The van der Waals surface area contributed by atoms with Crippen molar-refractivity contribution < 1.29 is 9.47 Å². The summed E-state index contributed by atoms with van der Waals surface area (Å²) in [5, 5.41) is 1.19. The van der Waals surface area contributed by atoms with E-state index in [-0.39, 0.29) is 0 Å². The smallest absolute Gasteiger partial charge is 0.213 e. The summed E-state index contributed by atoms with van der Waals surface area (Å²) < 4.78 is 10.8. The lowest BCUT2D eigenvalue weighted by atomic mass is 10.0. The number of aromatic amines is 1. The lowest BCUT2D eigenvalue weighted by Gasteiger charge is -2.07. The largest absolute Gasteiger partial charge is 0.497 e.